The van der Waals surface area contributed by atoms with Crippen LogP contribution in [-0.2, 0) is 11.3 Å². The Labute approximate surface area is 158 Å². The third kappa shape index (κ3) is 4.08. The van der Waals surface area contributed by atoms with E-state index < -0.39 is 6.09 Å². The lowest BCUT2D eigenvalue weighted by atomic mass is 10.0. The fourth-order valence-corrected chi connectivity index (χ4v) is 2.76. The van der Waals surface area contributed by atoms with E-state index in [2.05, 4.69) is 20.1 Å². The molecule has 0 aliphatic carbocycles. The number of benzene rings is 2. The summed E-state index contributed by atoms with van der Waals surface area (Å²) in [6.07, 6.45) is 1.23. The van der Waals surface area contributed by atoms with Crippen molar-refractivity contribution in [2.75, 3.05) is 14.2 Å². The van der Waals surface area contributed by atoms with Gasteiger partial charge < -0.3 is 14.8 Å². The summed E-state index contributed by atoms with van der Waals surface area (Å²) in [5.74, 6) is 1.42. The molecule has 1 amide bonds. The second-order valence-electron chi connectivity index (χ2n) is 6.15. The molecule has 27 heavy (non-hydrogen) atoms. The molecule has 0 aliphatic heterocycles. The molecule has 140 valence electrons. The topological polar surface area (TPSA) is 78.3 Å². The number of aryl methyl sites for hydroxylation is 2. The summed E-state index contributed by atoms with van der Waals surface area (Å²) >= 11 is 0. The quantitative estimate of drug-likeness (QED) is 0.749. The SMILES string of the molecule is COC(=O)NCc1cc(-c2ncn(-c3ccc(OC)cc3C)n2)ccc1C. The van der Waals surface area contributed by atoms with Crippen molar-refractivity contribution < 1.29 is 14.3 Å². The van der Waals surface area contributed by atoms with Crippen molar-refractivity contribution >= 4 is 6.09 Å². The van der Waals surface area contributed by atoms with E-state index in [0.717, 1.165) is 33.7 Å². The number of amides is 1. The third-order valence-electron chi connectivity index (χ3n) is 4.36. The number of ether oxygens (including phenoxy) is 2. The molecular formula is C20H22N4O3. The van der Waals surface area contributed by atoms with Gasteiger partial charge in [-0.15, -0.1) is 5.10 Å². The Morgan fingerprint density at radius 3 is 2.63 bits per heavy atom. The van der Waals surface area contributed by atoms with Crippen LogP contribution in [0.2, 0.25) is 0 Å². The van der Waals surface area contributed by atoms with Gasteiger partial charge in [0.2, 0.25) is 0 Å². The number of nitrogens with zero attached hydrogens (tertiary/aromatic N) is 3. The average molecular weight is 366 g/mol. The summed E-state index contributed by atoms with van der Waals surface area (Å²) in [5.41, 5.74) is 4.91. The number of hydrogen-bond acceptors (Lipinski definition) is 5. The second-order valence-corrected chi connectivity index (χ2v) is 6.15. The van der Waals surface area contributed by atoms with Gasteiger partial charge in [-0.1, -0.05) is 12.1 Å². The molecule has 0 fully saturated rings. The average Bonchev–Trinajstić information content (AvgIpc) is 3.16. The molecule has 7 nitrogen and oxygen atoms in total. The number of carbonyl (C=O) groups excluding carboxylic acids is 1. The first kappa shape index (κ1) is 18.4. The summed E-state index contributed by atoms with van der Waals surface area (Å²) in [5, 5.41) is 7.30. The molecule has 3 rings (SSSR count). The maximum Gasteiger partial charge on any atom is 0.407 e. The van der Waals surface area contributed by atoms with Crippen LogP contribution in [0.5, 0.6) is 5.75 Å². The molecule has 3 aromatic rings. The second kappa shape index (κ2) is 7.90. The third-order valence-corrected chi connectivity index (χ3v) is 4.36. The van der Waals surface area contributed by atoms with Gasteiger partial charge in [-0.2, -0.15) is 0 Å². The van der Waals surface area contributed by atoms with Crippen LogP contribution in [0.25, 0.3) is 17.1 Å². The standard InChI is InChI=1S/C20H22N4O3/c1-13-5-6-15(10-16(13)11-21-20(25)27-4)19-22-12-24(23-19)18-8-7-17(26-3)9-14(18)2/h5-10,12H,11H2,1-4H3,(H,21,25). The van der Waals surface area contributed by atoms with Gasteiger partial charge in [0.25, 0.3) is 0 Å². The molecule has 7 heteroatoms. The molecule has 0 spiro atoms. The molecule has 0 saturated carbocycles. The van der Waals surface area contributed by atoms with Crippen LogP contribution in [0.15, 0.2) is 42.7 Å². The lowest BCUT2D eigenvalue weighted by Gasteiger charge is -2.09. The Balaban J connectivity index is 1.87. The zero-order valence-electron chi connectivity index (χ0n) is 15.8. The Bertz CT molecular complexity index is 966. The van der Waals surface area contributed by atoms with Crippen molar-refractivity contribution in [3.05, 3.63) is 59.4 Å². The van der Waals surface area contributed by atoms with E-state index >= 15 is 0 Å². The van der Waals surface area contributed by atoms with Crippen molar-refractivity contribution in [1.29, 1.82) is 0 Å². The highest BCUT2D eigenvalue weighted by Gasteiger charge is 2.10. The molecular weight excluding hydrogens is 344 g/mol. The van der Waals surface area contributed by atoms with Crippen LogP contribution in [-0.4, -0.2) is 35.1 Å². The molecule has 0 saturated heterocycles. The Morgan fingerprint density at radius 2 is 1.93 bits per heavy atom. The largest absolute Gasteiger partial charge is 0.497 e. The van der Waals surface area contributed by atoms with E-state index in [4.69, 9.17) is 4.74 Å². The Morgan fingerprint density at radius 1 is 1.11 bits per heavy atom. The zero-order chi connectivity index (χ0) is 19.4. The molecule has 1 aromatic heterocycles. The van der Waals surface area contributed by atoms with Crippen LogP contribution >= 0.6 is 0 Å². The highest BCUT2D eigenvalue weighted by atomic mass is 16.5. The fraction of sp³-hybridized carbons (Fsp3) is 0.250. The lowest BCUT2D eigenvalue weighted by Crippen LogP contribution is -2.22. The number of methoxy groups -OCH3 is 2. The molecule has 1 N–H and O–H groups in total. The summed E-state index contributed by atoms with van der Waals surface area (Å²) in [6.45, 7) is 4.37. The van der Waals surface area contributed by atoms with E-state index in [0.29, 0.717) is 12.4 Å². The van der Waals surface area contributed by atoms with Gasteiger partial charge in [0.05, 0.1) is 19.9 Å². The molecule has 0 radical (unpaired) electrons. The minimum Gasteiger partial charge on any atom is -0.497 e. The highest BCUT2D eigenvalue weighted by molar-refractivity contribution is 5.67. The van der Waals surface area contributed by atoms with Gasteiger partial charge in [-0.3, -0.25) is 0 Å². The smallest absolute Gasteiger partial charge is 0.407 e. The zero-order valence-corrected chi connectivity index (χ0v) is 15.8. The molecule has 1 heterocycles. The first-order valence-electron chi connectivity index (χ1n) is 8.50. The van der Waals surface area contributed by atoms with Crippen molar-refractivity contribution in [3.8, 4) is 22.8 Å². The highest BCUT2D eigenvalue weighted by Crippen LogP contribution is 2.23. The van der Waals surface area contributed by atoms with Gasteiger partial charge >= 0.3 is 6.09 Å². The summed E-state index contributed by atoms with van der Waals surface area (Å²) < 4.78 is 11.6. The van der Waals surface area contributed by atoms with Gasteiger partial charge in [0.15, 0.2) is 5.82 Å². The van der Waals surface area contributed by atoms with Crippen molar-refractivity contribution in [1.82, 2.24) is 20.1 Å². The van der Waals surface area contributed by atoms with Gasteiger partial charge in [-0.25, -0.2) is 14.5 Å². The predicted octanol–water partition coefficient (Wildman–Crippen LogP) is 3.42. The molecule has 2 aromatic carbocycles. The van der Waals surface area contributed by atoms with Gasteiger partial charge in [0, 0.05) is 12.1 Å². The predicted molar refractivity (Wildman–Crippen MR) is 102 cm³/mol. The lowest BCUT2D eigenvalue weighted by molar-refractivity contribution is 0.170. The number of nitrogens with one attached hydrogen (secondary N) is 1. The molecule has 0 bridgehead atoms. The first-order valence-corrected chi connectivity index (χ1v) is 8.50. The first-order chi connectivity index (χ1) is 13.0. The van der Waals surface area contributed by atoms with Crippen LogP contribution < -0.4 is 10.1 Å². The maximum atomic E-state index is 11.3. The normalized spacial score (nSPS) is 10.5. The summed E-state index contributed by atoms with van der Waals surface area (Å²) in [4.78, 5) is 15.8. The van der Waals surface area contributed by atoms with Crippen LogP contribution in [0.1, 0.15) is 16.7 Å². The number of rotatable bonds is 5. The monoisotopic (exact) mass is 366 g/mol. The fourth-order valence-electron chi connectivity index (χ4n) is 2.76. The molecule has 0 atom stereocenters. The van der Waals surface area contributed by atoms with Crippen LogP contribution in [0.4, 0.5) is 4.79 Å². The Hall–Kier alpha value is -3.35. The number of carbonyl (C=O) groups is 1. The van der Waals surface area contributed by atoms with Gasteiger partial charge in [0.1, 0.15) is 12.1 Å². The van der Waals surface area contributed by atoms with Gasteiger partial charge in [-0.05, 0) is 54.8 Å². The van der Waals surface area contributed by atoms with Crippen LogP contribution in [0, 0.1) is 13.8 Å². The number of hydrogen-bond donors (Lipinski definition) is 1. The molecule has 0 aliphatic rings. The van der Waals surface area contributed by atoms with Crippen molar-refractivity contribution in [2.24, 2.45) is 0 Å². The minimum absolute atomic E-state index is 0.380. The van der Waals surface area contributed by atoms with Crippen molar-refractivity contribution in [3.63, 3.8) is 0 Å². The summed E-state index contributed by atoms with van der Waals surface area (Å²) in [7, 11) is 2.99. The summed E-state index contributed by atoms with van der Waals surface area (Å²) in [6, 6.07) is 11.7. The Kier molecular flexibility index (Phi) is 5.40. The van der Waals surface area contributed by atoms with E-state index in [9.17, 15) is 4.79 Å². The number of aromatic nitrogens is 3. The van der Waals surface area contributed by atoms with E-state index in [1.54, 1.807) is 18.1 Å². The van der Waals surface area contributed by atoms with E-state index in [1.807, 2.05) is 50.2 Å². The van der Waals surface area contributed by atoms with Crippen molar-refractivity contribution in [2.45, 2.75) is 20.4 Å². The maximum absolute atomic E-state index is 11.3. The minimum atomic E-state index is -0.461. The van der Waals surface area contributed by atoms with Crippen LogP contribution in [0.3, 0.4) is 0 Å². The van der Waals surface area contributed by atoms with E-state index in [-0.39, 0.29) is 0 Å². The molecule has 0 unspecified atom stereocenters. The number of alkyl carbamates (subject to hydrolysis) is 1. The van der Waals surface area contributed by atoms with E-state index in [1.165, 1.54) is 7.11 Å².